The van der Waals surface area contributed by atoms with Crippen LogP contribution in [0.3, 0.4) is 0 Å². The van der Waals surface area contributed by atoms with Crippen molar-refractivity contribution in [3.8, 4) is 17.3 Å². The molecule has 3 N–H and O–H groups in total. The molecule has 1 aliphatic rings. The number of guanidine groups is 1. The van der Waals surface area contributed by atoms with Crippen LogP contribution >= 0.6 is 24.0 Å². The number of halogens is 1. The van der Waals surface area contributed by atoms with Crippen LogP contribution < -0.4 is 15.4 Å². The molecule has 0 amide bonds. The molecule has 0 spiro atoms. The van der Waals surface area contributed by atoms with E-state index in [1.54, 1.807) is 13.3 Å². The lowest BCUT2D eigenvalue weighted by Crippen LogP contribution is -2.38. The molecule has 9 nitrogen and oxygen atoms in total. The first-order valence-corrected chi connectivity index (χ1v) is 10.4. The van der Waals surface area contributed by atoms with Gasteiger partial charge in [-0.2, -0.15) is 5.10 Å². The summed E-state index contributed by atoms with van der Waals surface area (Å²) >= 11 is 0. The number of nitrogens with zero attached hydrogens (tertiary/aromatic N) is 3. The second-order valence-corrected chi connectivity index (χ2v) is 7.40. The van der Waals surface area contributed by atoms with Crippen molar-refractivity contribution in [2.45, 2.75) is 32.4 Å². The van der Waals surface area contributed by atoms with E-state index in [9.17, 15) is 0 Å². The van der Waals surface area contributed by atoms with Crippen LogP contribution in [0.2, 0.25) is 0 Å². The molecule has 0 radical (unpaired) electrons. The van der Waals surface area contributed by atoms with E-state index < -0.39 is 0 Å². The average Bonchev–Trinajstić information content (AvgIpc) is 3.54. The number of H-pyrrole nitrogens is 1. The fraction of sp³-hybridized carbons (Fsp3) is 0.409. The molecule has 0 bridgehead atoms. The number of aromatic amines is 1. The maximum absolute atomic E-state index is 6.17. The topological polar surface area (TPSA) is 110 Å². The molecule has 1 unspecified atom stereocenters. The summed E-state index contributed by atoms with van der Waals surface area (Å²) in [5, 5.41) is 13.8. The number of aromatic nitrogens is 3. The summed E-state index contributed by atoms with van der Waals surface area (Å²) in [7, 11) is 1.75. The normalized spacial score (nSPS) is 15.9. The van der Waals surface area contributed by atoms with Crippen molar-refractivity contribution in [2.24, 2.45) is 4.99 Å². The predicted molar refractivity (Wildman–Crippen MR) is 132 cm³/mol. The number of nitrogens with one attached hydrogen (secondary N) is 3. The van der Waals surface area contributed by atoms with Crippen molar-refractivity contribution >= 4 is 29.9 Å². The van der Waals surface area contributed by atoms with E-state index in [1.807, 2.05) is 12.1 Å². The van der Waals surface area contributed by atoms with Gasteiger partial charge in [0, 0.05) is 38.5 Å². The molecule has 0 saturated carbocycles. The molecule has 1 saturated heterocycles. The number of ether oxygens (including phenoxy) is 2. The highest BCUT2D eigenvalue weighted by atomic mass is 127. The summed E-state index contributed by atoms with van der Waals surface area (Å²) in [6.45, 7) is 4.73. The van der Waals surface area contributed by atoms with Gasteiger partial charge >= 0.3 is 0 Å². The van der Waals surface area contributed by atoms with Crippen molar-refractivity contribution in [1.82, 2.24) is 25.8 Å². The summed E-state index contributed by atoms with van der Waals surface area (Å²) in [6.07, 6.45) is 3.32. The van der Waals surface area contributed by atoms with Gasteiger partial charge in [0.1, 0.15) is 17.7 Å². The number of rotatable bonds is 8. The largest absolute Gasteiger partial charge is 0.488 e. The van der Waals surface area contributed by atoms with Gasteiger partial charge in [0.25, 0.3) is 0 Å². The lowest BCUT2D eigenvalue weighted by atomic mass is 10.1. The van der Waals surface area contributed by atoms with Crippen LogP contribution in [0.1, 0.15) is 23.4 Å². The third kappa shape index (κ3) is 6.45. The third-order valence-corrected chi connectivity index (χ3v) is 5.00. The SMILES string of the molecule is CN=C(NCCc1nc(-c2ccco2)n[nH]1)NCc1ccc(C)cc1OC1CCOC1.I. The molecule has 3 heterocycles. The number of aliphatic imine (C=N–C) groups is 1. The molecular formula is C22H29IN6O3. The highest BCUT2D eigenvalue weighted by Gasteiger charge is 2.19. The Labute approximate surface area is 204 Å². The van der Waals surface area contributed by atoms with Gasteiger partial charge in [-0.15, -0.1) is 24.0 Å². The Hall–Kier alpha value is -2.60. The van der Waals surface area contributed by atoms with Gasteiger partial charge in [0.05, 0.1) is 19.5 Å². The minimum atomic E-state index is 0. The van der Waals surface area contributed by atoms with Gasteiger partial charge in [0.2, 0.25) is 5.82 Å². The monoisotopic (exact) mass is 552 g/mol. The first-order chi connectivity index (χ1) is 15.2. The molecule has 32 heavy (non-hydrogen) atoms. The molecule has 3 aromatic rings. The molecule has 4 rings (SSSR count). The van der Waals surface area contributed by atoms with Crippen LogP contribution in [0, 0.1) is 6.92 Å². The number of hydrogen-bond acceptors (Lipinski definition) is 6. The second-order valence-electron chi connectivity index (χ2n) is 7.40. The first-order valence-electron chi connectivity index (χ1n) is 10.4. The second kappa shape index (κ2) is 11.9. The predicted octanol–water partition coefficient (Wildman–Crippen LogP) is 3.07. The fourth-order valence-corrected chi connectivity index (χ4v) is 3.32. The summed E-state index contributed by atoms with van der Waals surface area (Å²) in [4.78, 5) is 8.75. The number of hydrogen-bond donors (Lipinski definition) is 3. The lowest BCUT2D eigenvalue weighted by molar-refractivity contribution is 0.140. The van der Waals surface area contributed by atoms with Gasteiger partial charge < -0.3 is 24.5 Å². The summed E-state index contributed by atoms with van der Waals surface area (Å²) in [6, 6.07) is 9.90. The highest BCUT2D eigenvalue weighted by molar-refractivity contribution is 14.0. The van der Waals surface area contributed by atoms with Crippen LogP contribution in [-0.4, -0.2) is 54.1 Å². The van der Waals surface area contributed by atoms with Crippen LogP contribution in [0.5, 0.6) is 5.75 Å². The van der Waals surface area contributed by atoms with Gasteiger partial charge in [-0.3, -0.25) is 10.1 Å². The number of aryl methyl sites for hydroxylation is 1. The summed E-state index contributed by atoms with van der Waals surface area (Å²) < 4.78 is 16.9. The Balaban J connectivity index is 0.00000289. The van der Waals surface area contributed by atoms with Gasteiger partial charge in [0.15, 0.2) is 11.7 Å². The van der Waals surface area contributed by atoms with Gasteiger partial charge in [-0.25, -0.2) is 4.98 Å². The fourth-order valence-electron chi connectivity index (χ4n) is 3.32. The van der Waals surface area contributed by atoms with Crippen LogP contribution in [-0.2, 0) is 17.7 Å². The Bertz CT molecular complexity index is 999. The molecule has 1 atom stereocenters. The Morgan fingerprint density at radius 3 is 2.97 bits per heavy atom. The van der Waals surface area contributed by atoms with E-state index in [0.717, 1.165) is 30.2 Å². The number of furan rings is 1. The van der Waals surface area contributed by atoms with E-state index in [4.69, 9.17) is 13.9 Å². The van der Waals surface area contributed by atoms with Gasteiger partial charge in [-0.05, 0) is 30.7 Å². The van der Waals surface area contributed by atoms with Crippen LogP contribution in [0.25, 0.3) is 11.6 Å². The van der Waals surface area contributed by atoms with Crippen molar-refractivity contribution in [1.29, 1.82) is 0 Å². The molecular weight excluding hydrogens is 523 g/mol. The maximum atomic E-state index is 6.17. The third-order valence-electron chi connectivity index (χ3n) is 5.00. The van der Waals surface area contributed by atoms with E-state index in [0.29, 0.717) is 43.7 Å². The summed E-state index contributed by atoms with van der Waals surface area (Å²) in [5.41, 5.74) is 2.25. The van der Waals surface area contributed by atoms with Crippen molar-refractivity contribution in [3.05, 3.63) is 53.5 Å². The molecule has 10 heteroatoms. The average molecular weight is 552 g/mol. The minimum Gasteiger partial charge on any atom is -0.488 e. The van der Waals surface area contributed by atoms with E-state index in [-0.39, 0.29) is 30.1 Å². The Kier molecular flexibility index (Phi) is 8.91. The quantitative estimate of drug-likeness (QED) is 0.224. The van der Waals surface area contributed by atoms with Crippen molar-refractivity contribution < 1.29 is 13.9 Å². The Morgan fingerprint density at radius 1 is 1.31 bits per heavy atom. The molecule has 1 fully saturated rings. The smallest absolute Gasteiger partial charge is 0.216 e. The first kappa shape index (κ1) is 24.1. The Morgan fingerprint density at radius 2 is 2.22 bits per heavy atom. The zero-order chi connectivity index (χ0) is 21.5. The number of benzene rings is 1. The minimum absolute atomic E-state index is 0. The molecule has 172 valence electrons. The van der Waals surface area contributed by atoms with Gasteiger partial charge in [-0.1, -0.05) is 12.1 Å². The van der Waals surface area contributed by atoms with Crippen molar-refractivity contribution in [2.75, 3.05) is 26.8 Å². The van der Waals surface area contributed by atoms with Crippen molar-refractivity contribution in [3.63, 3.8) is 0 Å². The molecule has 0 aliphatic carbocycles. The molecule has 2 aromatic heterocycles. The van der Waals surface area contributed by atoms with Crippen LogP contribution in [0.4, 0.5) is 0 Å². The standard InChI is InChI=1S/C22H28N6O3.HI/c1-15-5-6-16(19(12-15)31-17-8-11-29-14-17)13-25-22(23-2)24-9-7-20-26-21(28-27-20)18-4-3-10-30-18;/h3-6,10,12,17H,7-9,11,13-14H2,1-2H3,(H2,23,24,25)(H,26,27,28);1H. The maximum Gasteiger partial charge on any atom is 0.216 e. The molecule has 1 aromatic carbocycles. The van der Waals surface area contributed by atoms with E-state index in [2.05, 4.69) is 55.9 Å². The molecule has 1 aliphatic heterocycles. The zero-order valence-electron chi connectivity index (χ0n) is 18.3. The van der Waals surface area contributed by atoms with E-state index in [1.165, 1.54) is 5.56 Å². The highest BCUT2D eigenvalue weighted by Crippen LogP contribution is 2.23. The van der Waals surface area contributed by atoms with Crippen LogP contribution in [0.15, 0.2) is 46.0 Å². The zero-order valence-corrected chi connectivity index (χ0v) is 20.6. The summed E-state index contributed by atoms with van der Waals surface area (Å²) in [5.74, 6) is 3.59. The lowest BCUT2D eigenvalue weighted by Gasteiger charge is -2.18. The van der Waals surface area contributed by atoms with E-state index >= 15 is 0 Å².